The van der Waals surface area contributed by atoms with E-state index in [2.05, 4.69) is 229 Å². The SMILES string of the molecule is c1ccc(-c2ccc(N(c3ccc4c(c3)C3(c5ccccc5-4)c4ccccc4-c4cccc5ccc(-c6ccccc6)c3c45)c3ccc4c(c3)sc3ccccc34)cc2)cc1. The Labute approximate surface area is 359 Å². The maximum atomic E-state index is 2.52. The highest BCUT2D eigenvalue weighted by Gasteiger charge is 2.51. The van der Waals surface area contributed by atoms with Crippen LogP contribution in [0.15, 0.2) is 224 Å². The number of hydrogen-bond donors (Lipinski definition) is 0. The van der Waals surface area contributed by atoms with Gasteiger partial charge in [0.15, 0.2) is 0 Å². The van der Waals surface area contributed by atoms with E-state index in [1.165, 1.54) is 97.7 Å². The molecule has 1 atom stereocenters. The van der Waals surface area contributed by atoms with Crippen molar-refractivity contribution >= 4 is 59.3 Å². The zero-order valence-corrected chi connectivity index (χ0v) is 34.0. The van der Waals surface area contributed by atoms with E-state index in [0.717, 1.165) is 17.1 Å². The zero-order chi connectivity index (χ0) is 40.1. The Kier molecular flexibility index (Phi) is 7.46. The lowest BCUT2D eigenvalue weighted by Crippen LogP contribution is -2.32. The Balaban J connectivity index is 1.11. The average molecular weight is 792 g/mol. The molecule has 10 aromatic carbocycles. The van der Waals surface area contributed by atoms with Crippen LogP contribution in [-0.4, -0.2) is 0 Å². The molecule has 2 aliphatic carbocycles. The molecule has 0 radical (unpaired) electrons. The van der Waals surface area contributed by atoms with E-state index in [1.807, 2.05) is 11.3 Å². The minimum atomic E-state index is -0.587. The molecule has 2 aliphatic rings. The number of hydrogen-bond acceptors (Lipinski definition) is 2. The molecule has 1 spiro atoms. The molecular weight excluding hydrogens is 755 g/mol. The largest absolute Gasteiger partial charge is 0.310 e. The molecule has 2 heteroatoms. The summed E-state index contributed by atoms with van der Waals surface area (Å²) in [5.74, 6) is 0. The van der Waals surface area contributed by atoms with Crippen molar-refractivity contribution in [3.05, 3.63) is 247 Å². The Hall–Kier alpha value is -7.52. The molecule has 0 fully saturated rings. The Morgan fingerprint density at radius 2 is 0.885 bits per heavy atom. The molecule has 284 valence electrons. The lowest BCUT2D eigenvalue weighted by molar-refractivity contribution is 0.775. The molecule has 1 heterocycles. The molecule has 1 unspecified atom stereocenters. The van der Waals surface area contributed by atoms with Crippen molar-refractivity contribution in [1.29, 1.82) is 0 Å². The van der Waals surface area contributed by atoms with Gasteiger partial charge in [-0.05, 0) is 120 Å². The van der Waals surface area contributed by atoms with Crippen molar-refractivity contribution in [3.8, 4) is 44.5 Å². The normalized spacial score (nSPS) is 14.6. The number of thiophene rings is 1. The molecule has 1 aromatic heterocycles. The summed E-state index contributed by atoms with van der Waals surface area (Å²) in [5.41, 5.74) is 18.2. The Morgan fingerprint density at radius 3 is 1.67 bits per heavy atom. The molecule has 0 bridgehead atoms. The van der Waals surface area contributed by atoms with Gasteiger partial charge in [-0.2, -0.15) is 0 Å². The second-order valence-corrected chi connectivity index (χ2v) is 17.4. The topological polar surface area (TPSA) is 3.24 Å². The Bertz CT molecular complexity index is 3530. The number of anilines is 3. The third kappa shape index (κ3) is 4.94. The molecule has 61 heavy (non-hydrogen) atoms. The van der Waals surface area contributed by atoms with Gasteiger partial charge in [-0.15, -0.1) is 11.3 Å². The van der Waals surface area contributed by atoms with E-state index in [9.17, 15) is 0 Å². The van der Waals surface area contributed by atoms with Crippen LogP contribution in [-0.2, 0) is 5.41 Å². The van der Waals surface area contributed by atoms with E-state index >= 15 is 0 Å². The zero-order valence-electron chi connectivity index (χ0n) is 33.2. The van der Waals surface area contributed by atoms with Crippen LogP contribution in [0.4, 0.5) is 17.1 Å². The number of nitrogens with zero attached hydrogens (tertiary/aromatic N) is 1. The quantitative estimate of drug-likeness (QED) is 0.168. The second kappa shape index (κ2) is 13.2. The highest BCUT2D eigenvalue weighted by Crippen LogP contribution is 2.64. The highest BCUT2D eigenvalue weighted by molar-refractivity contribution is 7.25. The van der Waals surface area contributed by atoms with Crippen LogP contribution in [0.3, 0.4) is 0 Å². The first-order chi connectivity index (χ1) is 30.3. The highest BCUT2D eigenvalue weighted by atomic mass is 32.1. The third-order valence-electron chi connectivity index (χ3n) is 13.3. The summed E-state index contributed by atoms with van der Waals surface area (Å²) in [6, 6.07) is 83.7. The van der Waals surface area contributed by atoms with Crippen molar-refractivity contribution in [1.82, 2.24) is 0 Å². The standard InChI is InChI=1S/C59H37NS/c1-3-14-38(15-4-1)39-26-29-42(30-27-39)60(44-32-35-50-49-21-9-12-25-55(49)61-56(50)37-44)43-31-34-48-46-19-7-10-23-52(46)59(54(48)36-43)53-24-11-8-20-47(53)51-22-13-18-41-28-33-45(58(59)57(41)51)40-16-5-2-6-17-40/h1-37H. The lowest BCUT2D eigenvalue weighted by Gasteiger charge is -2.41. The predicted octanol–water partition coefficient (Wildman–Crippen LogP) is 16.4. The maximum Gasteiger partial charge on any atom is 0.0732 e. The van der Waals surface area contributed by atoms with Crippen LogP contribution in [0, 0.1) is 0 Å². The summed E-state index contributed by atoms with van der Waals surface area (Å²) in [4.78, 5) is 2.47. The summed E-state index contributed by atoms with van der Waals surface area (Å²) in [7, 11) is 0. The van der Waals surface area contributed by atoms with Gasteiger partial charge in [-0.25, -0.2) is 0 Å². The fourth-order valence-corrected chi connectivity index (χ4v) is 11.9. The fourth-order valence-electron chi connectivity index (χ4n) is 10.7. The summed E-state index contributed by atoms with van der Waals surface area (Å²) in [6.45, 7) is 0. The second-order valence-electron chi connectivity index (χ2n) is 16.4. The molecule has 0 aliphatic heterocycles. The van der Waals surface area contributed by atoms with E-state index in [0.29, 0.717) is 0 Å². The summed E-state index contributed by atoms with van der Waals surface area (Å²) >= 11 is 1.87. The summed E-state index contributed by atoms with van der Waals surface area (Å²) in [5, 5.41) is 5.20. The van der Waals surface area contributed by atoms with Gasteiger partial charge >= 0.3 is 0 Å². The number of rotatable bonds is 5. The minimum absolute atomic E-state index is 0.587. The average Bonchev–Trinajstić information content (AvgIpc) is 3.84. The fraction of sp³-hybridized carbons (Fsp3) is 0.0169. The molecule has 0 amide bonds. The van der Waals surface area contributed by atoms with Gasteiger partial charge in [0.05, 0.1) is 5.41 Å². The number of fused-ring (bicyclic) bond motifs is 12. The van der Waals surface area contributed by atoms with Crippen LogP contribution in [0.5, 0.6) is 0 Å². The number of benzene rings is 10. The van der Waals surface area contributed by atoms with Crippen molar-refractivity contribution in [2.24, 2.45) is 0 Å². The van der Waals surface area contributed by atoms with E-state index in [-0.39, 0.29) is 0 Å². The van der Waals surface area contributed by atoms with Gasteiger partial charge in [-0.1, -0.05) is 182 Å². The Morgan fingerprint density at radius 1 is 0.328 bits per heavy atom. The summed E-state index contributed by atoms with van der Waals surface area (Å²) < 4.78 is 2.59. The van der Waals surface area contributed by atoms with Crippen LogP contribution in [0.1, 0.15) is 22.3 Å². The molecule has 0 saturated heterocycles. The van der Waals surface area contributed by atoms with Crippen LogP contribution < -0.4 is 4.90 Å². The summed E-state index contributed by atoms with van der Waals surface area (Å²) in [6.07, 6.45) is 0. The first kappa shape index (κ1) is 34.4. The first-order valence-corrected chi connectivity index (χ1v) is 21.9. The van der Waals surface area contributed by atoms with Crippen LogP contribution in [0.25, 0.3) is 75.5 Å². The predicted molar refractivity (Wildman–Crippen MR) is 259 cm³/mol. The van der Waals surface area contributed by atoms with E-state index in [4.69, 9.17) is 0 Å². The monoisotopic (exact) mass is 791 g/mol. The molecule has 11 aromatic rings. The van der Waals surface area contributed by atoms with Gasteiger partial charge in [-0.3, -0.25) is 0 Å². The third-order valence-corrected chi connectivity index (χ3v) is 14.4. The van der Waals surface area contributed by atoms with E-state index in [1.54, 1.807) is 0 Å². The van der Waals surface area contributed by atoms with Crippen molar-refractivity contribution in [3.63, 3.8) is 0 Å². The van der Waals surface area contributed by atoms with Gasteiger partial charge in [0.1, 0.15) is 0 Å². The first-order valence-electron chi connectivity index (χ1n) is 21.1. The van der Waals surface area contributed by atoms with Crippen LogP contribution in [0.2, 0.25) is 0 Å². The van der Waals surface area contributed by atoms with Crippen molar-refractivity contribution in [2.45, 2.75) is 5.41 Å². The van der Waals surface area contributed by atoms with Gasteiger partial charge in [0.2, 0.25) is 0 Å². The molecular formula is C59H37NS. The van der Waals surface area contributed by atoms with Crippen molar-refractivity contribution < 1.29 is 0 Å². The molecule has 1 nitrogen and oxygen atoms in total. The van der Waals surface area contributed by atoms with Crippen LogP contribution >= 0.6 is 11.3 Å². The maximum absolute atomic E-state index is 2.52. The van der Waals surface area contributed by atoms with Gasteiger partial charge in [0, 0.05) is 37.2 Å². The minimum Gasteiger partial charge on any atom is -0.310 e. The van der Waals surface area contributed by atoms with Gasteiger partial charge in [0.25, 0.3) is 0 Å². The lowest BCUT2D eigenvalue weighted by atomic mass is 9.60. The molecule has 0 N–H and O–H groups in total. The van der Waals surface area contributed by atoms with Gasteiger partial charge < -0.3 is 4.90 Å². The smallest absolute Gasteiger partial charge is 0.0732 e. The molecule has 0 saturated carbocycles. The van der Waals surface area contributed by atoms with E-state index < -0.39 is 5.41 Å². The molecule has 13 rings (SSSR count). The van der Waals surface area contributed by atoms with Crippen molar-refractivity contribution in [2.75, 3.05) is 4.90 Å².